The zero-order chi connectivity index (χ0) is 17.9. The van der Waals surface area contributed by atoms with Crippen molar-refractivity contribution in [2.75, 3.05) is 5.32 Å². The molecule has 4 rings (SSSR count). The smallest absolute Gasteiger partial charge is 0.275 e. The lowest BCUT2D eigenvalue weighted by Crippen LogP contribution is -2.12. The van der Waals surface area contributed by atoms with Crippen molar-refractivity contribution >= 4 is 17.2 Å². The fourth-order valence-corrected chi connectivity index (χ4v) is 2.83. The highest BCUT2D eigenvalue weighted by Crippen LogP contribution is 2.15. The predicted molar refractivity (Wildman–Crippen MR) is 101 cm³/mol. The molecule has 5 heteroatoms. The van der Waals surface area contributed by atoms with E-state index in [0.29, 0.717) is 5.69 Å². The van der Waals surface area contributed by atoms with Crippen LogP contribution in [0.3, 0.4) is 0 Å². The number of benzene rings is 1. The standard InChI is InChI=1S/C21H18N4O/c1-15-8-11-25-14-19(24-20(25)12-15)21(26)23-18-4-2-16(3-5-18)13-17-6-9-22-10-7-17/h2-12,14H,13H2,1H3,(H,23,26). The number of carbonyl (C=O) groups excluding carboxylic acids is 1. The summed E-state index contributed by atoms with van der Waals surface area (Å²) in [6, 6.07) is 15.8. The molecular formula is C21H18N4O. The quantitative estimate of drug-likeness (QED) is 0.612. The molecule has 4 aromatic rings. The van der Waals surface area contributed by atoms with E-state index in [9.17, 15) is 4.79 Å². The summed E-state index contributed by atoms with van der Waals surface area (Å²) in [5.74, 6) is -0.215. The summed E-state index contributed by atoms with van der Waals surface area (Å²) >= 11 is 0. The molecule has 0 unspecified atom stereocenters. The fourth-order valence-electron chi connectivity index (χ4n) is 2.83. The Morgan fingerprint density at radius 2 is 1.77 bits per heavy atom. The Balaban J connectivity index is 1.46. The zero-order valence-corrected chi connectivity index (χ0v) is 14.4. The van der Waals surface area contributed by atoms with Gasteiger partial charge in [0.1, 0.15) is 11.3 Å². The molecule has 0 atom stereocenters. The van der Waals surface area contributed by atoms with Gasteiger partial charge in [0.2, 0.25) is 0 Å². The van der Waals surface area contributed by atoms with Crippen LogP contribution < -0.4 is 5.32 Å². The van der Waals surface area contributed by atoms with Gasteiger partial charge in [0, 0.05) is 30.5 Å². The molecule has 0 radical (unpaired) electrons. The third-order valence-corrected chi connectivity index (χ3v) is 4.22. The van der Waals surface area contributed by atoms with Crippen molar-refractivity contribution in [1.82, 2.24) is 14.4 Å². The molecular weight excluding hydrogens is 324 g/mol. The molecule has 3 heterocycles. The van der Waals surface area contributed by atoms with Gasteiger partial charge in [-0.25, -0.2) is 4.98 Å². The van der Waals surface area contributed by atoms with E-state index in [1.54, 1.807) is 18.6 Å². The van der Waals surface area contributed by atoms with E-state index < -0.39 is 0 Å². The van der Waals surface area contributed by atoms with Crippen molar-refractivity contribution < 1.29 is 4.79 Å². The Bertz CT molecular complexity index is 1050. The Morgan fingerprint density at radius 1 is 1.04 bits per heavy atom. The number of rotatable bonds is 4. The number of nitrogens with zero attached hydrogens (tertiary/aromatic N) is 3. The molecule has 26 heavy (non-hydrogen) atoms. The summed E-state index contributed by atoms with van der Waals surface area (Å²) in [7, 11) is 0. The molecule has 1 aromatic carbocycles. The third kappa shape index (κ3) is 3.47. The van der Waals surface area contributed by atoms with Gasteiger partial charge in [0.25, 0.3) is 5.91 Å². The minimum Gasteiger partial charge on any atom is -0.321 e. The predicted octanol–water partition coefficient (Wildman–Crippen LogP) is 3.88. The van der Waals surface area contributed by atoms with E-state index >= 15 is 0 Å². The number of amides is 1. The van der Waals surface area contributed by atoms with E-state index in [4.69, 9.17) is 0 Å². The number of aryl methyl sites for hydroxylation is 1. The maximum atomic E-state index is 12.5. The second kappa shape index (κ2) is 6.80. The number of hydrogen-bond donors (Lipinski definition) is 1. The summed E-state index contributed by atoms with van der Waals surface area (Å²) in [5.41, 5.74) is 5.41. The van der Waals surface area contributed by atoms with Crippen molar-refractivity contribution in [2.45, 2.75) is 13.3 Å². The van der Waals surface area contributed by atoms with Crippen molar-refractivity contribution in [3.05, 3.63) is 95.7 Å². The maximum absolute atomic E-state index is 12.5. The van der Waals surface area contributed by atoms with E-state index in [1.807, 2.05) is 66.1 Å². The molecule has 1 N–H and O–H groups in total. The summed E-state index contributed by atoms with van der Waals surface area (Å²) in [6.07, 6.45) is 8.06. The van der Waals surface area contributed by atoms with Crippen LogP contribution >= 0.6 is 0 Å². The van der Waals surface area contributed by atoms with Gasteiger partial charge >= 0.3 is 0 Å². The average molecular weight is 342 g/mol. The Labute approximate surface area is 151 Å². The van der Waals surface area contributed by atoms with Gasteiger partial charge in [-0.15, -0.1) is 0 Å². The number of nitrogens with one attached hydrogen (secondary N) is 1. The molecule has 0 aliphatic rings. The van der Waals surface area contributed by atoms with Crippen LogP contribution in [0.5, 0.6) is 0 Å². The SMILES string of the molecule is Cc1ccn2cc(C(=O)Nc3ccc(Cc4ccncc4)cc3)nc2c1. The monoisotopic (exact) mass is 342 g/mol. The first-order chi connectivity index (χ1) is 12.7. The van der Waals surface area contributed by atoms with E-state index in [2.05, 4.69) is 15.3 Å². The van der Waals surface area contributed by atoms with Crippen molar-refractivity contribution in [3.63, 3.8) is 0 Å². The summed E-state index contributed by atoms with van der Waals surface area (Å²) in [6.45, 7) is 2.00. The van der Waals surface area contributed by atoms with Crippen LogP contribution in [0.4, 0.5) is 5.69 Å². The molecule has 0 bridgehead atoms. The first-order valence-electron chi connectivity index (χ1n) is 8.42. The van der Waals surface area contributed by atoms with Crippen molar-refractivity contribution in [1.29, 1.82) is 0 Å². The van der Waals surface area contributed by atoms with E-state index in [0.717, 1.165) is 23.3 Å². The van der Waals surface area contributed by atoms with Crippen molar-refractivity contribution in [2.24, 2.45) is 0 Å². The first kappa shape index (κ1) is 16.0. The zero-order valence-electron chi connectivity index (χ0n) is 14.4. The van der Waals surface area contributed by atoms with Crippen molar-refractivity contribution in [3.8, 4) is 0 Å². The number of aromatic nitrogens is 3. The normalized spacial score (nSPS) is 10.8. The van der Waals surface area contributed by atoms with Crippen LogP contribution in [-0.4, -0.2) is 20.3 Å². The highest BCUT2D eigenvalue weighted by atomic mass is 16.1. The minimum atomic E-state index is -0.215. The van der Waals surface area contributed by atoms with Gasteiger partial charge in [0.05, 0.1) is 0 Å². The number of hydrogen-bond acceptors (Lipinski definition) is 3. The van der Waals surface area contributed by atoms with Crippen LogP contribution in [0.2, 0.25) is 0 Å². The lowest BCUT2D eigenvalue weighted by atomic mass is 10.1. The lowest BCUT2D eigenvalue weighted by molar-refractivity contribution is 0.102. The highest BCUT2D eigenvalue weighted by Gasteiger charge is 2.11. The Hall–Kier alpha value is -3.47. The van der Waals surface area contributed by atoms with Gasteiger partial charge in [-0.2, -0.15) is 0 Å². The minimum absolute atomic E-state index is 0.215. The molecule has 0 spiro atoms. The molecule has 3 aromatic heterocycles. The molecule has 0 aliphatic heterocycles. The van der Waals surface area contributed by atoms with Crippen LogP contribution in [0.1, 0.15) is 27.2 Å². The van der Waals surface area contributed by atoms with Gasteiger partial charge in [-0.3, -0.25) is 9.78 Å². The van der Waals surface area contributed by atoms with Crippen LogP contribution in [0.25, 0.3) is 5.65 Å². The van der Waals surface area contributed by atoms with Gasteiger partial charge in [-0.05, 0) is 66.4 Å². The van der Waals surface area contributed by atoms with E-state index in [1.165, 1.54) is 11.1 Å². The summed E-state index contributed by atoms with van der Waals surface area (Å²) < 4.78 is 1.85. The molecule has 0 saturated carbocycles. The van der Waals surface area contributed by atoms with Crippen LogP contribution in [-0.2, 0) is 6.42 Å². The molecule has 1 amide bonds. The average Bonchev–Trinajstić information content (AvgIpc) is 3.07. The fraction of sp³-hybridized carbons (Fsp3) is 0.0952. The third-order valence-electron chi connectivity index (χ3n) is 4.22. The molecule has 128 valence electrons. The summed E-state index contributed by atoms with van der Waals surface area (Å²) in [4.78, 5) is 20.9. The second-order valence-corrected chi connectivity index (χ2v) is 6.28. The van der Waals surface area contributed by atoms with Gasteiger partial charge < -0.3 is 9.72 Å². The second-order valence-electron chi connectivity index (χ2n) is 6.28. The largest absolute Gasteiger partial charge is 0.321 e. The number of carbonyl (C=O) groups is 1. The number of anilines is 1. The van der Waals surface area contributed by atoms with Crippen LogP contribution in [0, 0.1) is 6.92 Å². The maximum Gasteiger partial charge on any atom is 0.275 e. The molecule has 0 fully saturated rings. The summed E-state index contributed by atoms with van der Waals surface area (Å²) in [5, 5.41) is 2.90. The molecule has 5 nitrogen and oxygen atoms in total. The van der Waals surface area contributed by atoms with E-state index in [-0.39, 0.29) is 5.91 Å². The first-order valence-corrected chi connectivity index (χ1v) is 8.42. The van der Waals surface area contributed by atoms with Gasteiger partial charge in [0.15, 0.2) is 0 Å². The highest BCUT2D eigenvalue weighted by molar-refractivity contribution is 6.03. The number of pyridine rings is 2. The van der Waals surface area contributed by atoms with Gasteiger partial charge in [-0.1, -0.05) is 12.1 Å². The number of fused-ring (bicyclic) bond motifs is 1. The number of imidazole rings is 1. The molecule has 0 saturated heterocycles. The molecule has 0 aliphatic carbocycles. The van der Waals surface area contributed by atoms with Crippen LogP contribution in [0.15, 0.2) is 73.3 Å². The Morgan fingerprint density at radius 3 is 2.54 bits per heavy atom. The Kier molecular flexibility index (Phi) is 4.19. The lowest BCUT2D eigenvalue weighted by Gasteiger charge is -2.05. The topological polar surface area (TPSA) is 59.3 Å².